The first kappa shape index (κ1) is 67.8. The van der Waals surface area contributed by atoms with Crippen LogP contribution in [0.2, 0.25) is 30.1 Å². The molecule has 93 heavy (non-hydrogen) atoms. The maximum atomic E-state index is 6.45. The number of nitrogens with zero attached hydrogens (tertiary/aromatic N) is 6. The largest absolute Gasteiger partial charge is 0.494 e. The standard InChI is InChI=1S/3C26H32Cl2N2O/c27-22-11-10-19(17-23(22)28)21-18-30-15-5-8-24(30)20-7-4-9-25(26(20)21)31-16-6-14-29-12-2-1-3-13-29;2*27-24-10-7-19(16-25(24)28)23-18-30-14-4-6-26(30)22-17-20(8-9-21(22)23)31-15-5-13-29-11-2-1-3-12-29/h4,7,9-11,17,21,24H,1-3,5-6,8,12-16,18H2;2*7-10,16-17,23,26H,1-6,11-15,18H2/t21-,24+;23-,26+;23-,26-/m110/s1. The SMILES string of the molecule is Clc1ccc([C@@H]2CN3CCC[C@H]3c3cc(OCCCN4CCCCC4)ccc32)cc1Cl.Clc1ccc([C@H]2CN3CCC[C@H]3c3cc(OCCCN4CCCCC4)ccc32)cc1Cl.Clc1ccc([C@H]2CN3CCC[C@H]3c3cccc(OCCCN4CCCCC4)c32)cc1Cl. The maximum Gasteiger partial charge on any atom is 0.123 e. The number of fused-ring (bicyclic) bond motifs is 9. The van der Waals surface area contributed by atoms with Crippen LogP contribution >= 0.6 is 69.6 Å². The predicted molar refractivity (Wildman–Crippen MR) is 386 cm³/mol. The average Bonchev–Trinajstić information content (AvgIpc) is 1.79. The van der Waals surface area contributed by atoms with Gasteiger partial charge in [0.05, 0.1) is 50.0 Å². The molecule has 6 saturated heterocycles. The number of benzene rings is 6. The van der Waals surface area contributed by atoms with Crippen molar-refractivity contribution in [2.75, 3.05) is 118 Å². The lowest BCUT2D eigenvalue weighted by Gasteiger charge is -2.38. The first-order valence-corrected chi connectivity index (χ1v) is 37.9. The van der Waals surface area contributed by atoms with E-state index in [1.165, 1.54) is 205 Å². The Morgan fingerprint density at radius 3 is 1.11 bits per heavy atom. The summed E-state index contributed by atoms with van der Waals surface area (Å²) in [6.07, 6.45) is 23.0. The summed E-state index contributed by atoms with van der Waals surface area (Å²) in [6, 6.07) is 40.0. The lowest BCUT2D eigenvalue weighted by molar-refractivity contribution is 0.200. The second-order valence-corrected chi connectivity index (χ2v) is 30.2. The molecule has 0 radical (unpaired) electrons. The van der Waals surface area contributed by atoms with Crippen molar-refractivity contribution in [3.8, 4) is 17.2 Å². The van der Waals surface area contributed by atoms with E-state index >= 15 is 0 Å². The van der Waals surface area contributed by atoms with Crippen molar-refractivity contribution in [3.05, 3.63) is 189 Å². The Balaban J connectivity index is 0.000000127. The summed E-state index contributed by atoms with van der Waals surface area (Å²) in [7, 11) is 0. The molecule has 0 bridgehead atoms. The molecule has 0 aromatic heterocycles. The first-order valence-electron chi connectivity index (χ1n) is 35.6. The van der Waals surface area contributed by atoms with E-state index in [1.807, 2.05) is 36.4 Å². The van der Waals surface area contributed by atoms with Gasteiger partial charge in [-0.3, -0.25) is 14.7 Å². The average molecular weight is 1380 g/mol. The highest BCUT2D eigenvalue weighted by atomic mass is 35.5. The lowest BCUT2D eigenvalue weighted by Crippen LogP contribution is -2.35. The van der Waals surface area contributed by atoms with E-state index in [2.05, 4.69) is 102 Å². The van der Waals surface area contributed by atoms with E-state index in [4.69, 9.17) is 83.8 Å². The van der Waals surface area contributed by atoms with E-state index < -0.39 is 0 Å². The number of hydrogen-bond donors (Lipinski definition) is 0. The second kappa shape index (κ2) is 32.7. The number of ether oxygens (including phenoxy) is 3. The summed E-state index contributed by atoms with van der Waals surface area (Å²) in [4.78, 5) is 15.7. The topological polar surface area (TPSA) is 47.1 Å². The molecule has 0 spiro atoms. The van der Waals surface area contributed by atoms with Crippen LogP contribution in [-0.2, 0) is 0 Å². The van der Waals surface area contributed by atoms with Gasteiger partial charge in [-0.25, -0.2) is 0 Å². The zero-order chi connectivity index (χ0) is 63.6. The molecule has 6 aromatic rings. The van der Waals surface area contributed by atoms with E-state index in [1.54, 1.807) is 0 Å². The molecule has 6 atom stereocenters. The molecule has 15 rings (SSSR count). The minimum Gasteiger partial charge on any atom is -0.494 e. The van der Waals surface area contributed by atoms with Gasteiger partial charge in [-0.2, -0.15) is 0 Å². The van der Waals surface area contributed by atoms with Gasteiger partial charge in [0.15, 0.2) is 0 Å². The molecule has 9 aliphatic rings. The van der Waals surface area contributed by atoms with Crippen LogP contribution < -0.4 is 14.2 Å². The molecule has 6 aromatic carbocycles. The van der Waals surface area contributed by atoms with Crippen molar-refractivity contribution in [1.29, 1.82) is 0 Å². The molecule has 0 amide bonds. The van der Waals surface area contributed by atoms with Crippen LogP contribution in [0.5, 0.6) is 17.2 Å². The van der Waals surface area contributed by atoms with Crippen molar-refractivity contribution in [1.82, 2.24) is 29.4 Å². The van der Waals surface area contributed by atoms with Gasteiger partial charge in [0.1, 0.15) is 17.2 Å². The number of rotatable bonds is 18. The summed E-state index contributed by atoms with van der Waals surface area (Å²) in [5.41, 5.74) is 12.2. The van der Waals surface area contributed by atoms with E-state index in [0.29, 0.717) is 60.1 Å². The van der Waals surface area contributed by atoms with E-state index in [0.717, 1.165) is 95.6 Å². The van der Waals surface area contributed by atoms with Crippen LogP contribution in [0.3, 0.4) is 0 Å². The Morgan fingerprint density at radius 1 is 0.323 bits per heavy atom. The van der Waals surface area contributed by atoms with Gasteiger partial charge in [-0.1, -0.05) is 131 Å². The van der Waals surface area contributed by atoms with Gasteiger partial charge >= 0.3 is 0 Å². The van der Waals surface area contributed by atoms with Crippen LogP contribution in [0, 0.1) is 0 Å². The van der Waals surface area contributed by atoms with E-state index in [9.17, 15) is 0 Å². The van der Waals surface area contributed by atoms with Crippen molar-refractivity contribution in [2.24, 2.45) is 0 Å². The molecule has 9 nitrogen and oxygen atoms in total. The summed E-state index contributed by atoms with van der Waals surface area (Å²) < 4.78 is 18.9. The Labute approximate surface area is 585 Å². The van der Waals surface area contributed by atoms with Crippen LogP contribution in [0.4, 0.5) is 0 Å². The molecule has 9 heterocycles. The highest BCUT2D eigenvalue weighted by Crippen LogP contribution is 2.50. The molecule has 0 unspecified atom stereocenters. The molecule has 6 fully saturated rings. The molecular formula is C78H96Cl6N6O3. The maximum absolute atomic E-state index is 6.45. The minimum atomic E-state index is 0.261. The Hall–Kier alpha value is -3.78. The van der Waals surface area contributed by atoms with Crippen molar-refractivity contribution in [3.63, 3.8) is 0 Å². The predicted octanol–water partition coefficient (Wildman–Crippen LogP) is 19.6. The van der Waals surface area contributed by atoms with Crippen LogP contribution in [0.15, 0.2) is 109 Å². The molecule has 0 N–H and O–H groups in total. The van der Waals surface area contributed by atoms with Gasteiger partial charge in [-0.05, 0) is 266 Å². The fraction of sp³-hybridized carbons (Fsp3) is 0.538. The third kappa shape index (κ3) is 16.7. The van der Waals surface area contributed by atoms with E-state index in [-0.39, 0.29) is 5.92 Å². The Morgan fingerprint density at radius 2 is 0.699 bits per heavy atom. The third-order valence-electron chi connectivity index (χ3n) is 21.8. The molecule has 0 aliphatic carbocycles. The zero-order valence-corrected chi connectivity index (χ0v) is 59.0. The van der Waals surface area contributed by atoms with Gasteiger partial charge in [0.2, 0.25) is 0 Å². The fourth-order valence-corrected chi connectivity index (χ4v) is 18.0. The van der Waals surface area contributed by atoms with Crippen LogP contribution in [-0.4, -0.2) is 147 Å². The zero-order valence-electron chi connectivity index (χ0n) is 54.5. The van der Waals surface area contributed by atoms with Crippen LogP contribution in [0.25, 0.3) is 0 Å². The van der Waals surface area contributed by atoms with Gasteiger partial charge in [0, 0.05) is 80.7 Å². The summed E-state index contributed by atoms with van der Waals surface area (Å²) in [5, 5.41) is 3.75. The number of piperidine rings is 3. The van der Waals surface area contributed by atoms with Crippen molar-refractivity contribution in [2.45, 2.75) is 151 Å². The molecular weight excluding hydrogens is 1280 g/mol. The smallest absolute Gasteiger partial charge is 0.123 e. The van der Waals surface area contributed by atoms with Crippen LogP contribution in [0.1, 0.15) is 202 Å². The normalized spacial score (nSPS) is 24.1. The Kier molecular flexibility index (Phi) is 23.8. The monoisotopic (exact) mass is 1370 g/mol. The number of halogens is 6. The summed E-state index contributed by atoms with van der Waals surface area (Å²) >= 11 is 37.7. The van der Waals surface area contributed by atoms with Crippen molar-refractivity contribution < 1.29 is 14.2 Å². The van der Waals surface area contributed by atoms with Gasteiger partial charge < -0.3 is 28.9 Å². The quantitative estimate of drug-likeness (QED) is 0.0783. The highest BCUT2D eigenvalue weighted by Gasteiger charge is 2.41. The van der Waals surface area contributed by atoms with Crippen molar-refractivity contribution >= 4 is 69.6 Å². The summed E-state index contributed by atoms with van der Waals surface area (Å²) in [5.74, 6) is 3.99. The number of likely N-dealkylation sites (tertiary alicyclic amines) is 3. The molecule has 0 saturated carbocycles. The van der Waals surface area contributed by atoms with Gasteiger partial charge in [-0.15, -0.1) is 0 Å². The highest BCUT2D eigenvalue weighted by molar-refractivity contribution is 6.43. The second-order valence-electron chi connectivity index (χ2n) is 27.8. The first-order chi connectivity index (χ1) is 45.6. The minimum absolute atomic E-state index is 0.261. The third-order valence-corrected chi connectivity index (χ3v) is 24.0. The number of hydrogen-bond acceptors (Lipinski definition) is 9. The summed E-state index contributed by atoms with van der Waals surface area (Å²) in [6.45, 7) is 19.9. The lowest BCUT2D eigenvalue weighted by atomic mass is 9.81. The fourth-order valence-electron chi connectivity index (χ4n) is 17.0. The molecule has 498 valence electrons. The molecule has 9 aliphatic heterocycles. The molecule has 15 heteroatoms. The van der Waals surface area contributed by atoms with Gasteiger partial charge in [0.25, 0.3) is 0 Å². The Bertz CT molecular complexity index is 3280.